The summed E-state index contributed by atoms with van der Waals surface area (Å²) in [5.41, 5.74) is 0.336. The van der Waals surface area contributed by atoms with Crippen LogP contribution < -0.4 is 0 Å². The van der Waals surface area contributed by atoms with Crippen LogP contribution in [0, 0.1) is 10.8 Å². The van der Waals surface area contributed by atoms with Gasteiger partial charge in [0.05, 0.1) is 0 Å². The normalized spacial score (nSPS) is 50.3. The van der Waals surface area contributed by atoms with Gasteiger partial charge in [0.2, 0.25) is 0 Å². The first kappa shape index (κ1) is 6.81. The minimum atomic E-state index is 0.168. The maximum absolute atomic E-state index is 11.3. The Bertz CT molecular complexity index is 244. The summed E-state index contributed by atoms with van der Waals surface area (Å²) in [4.78, 5) is 22.6. The first-order valence-corrected chi connectivity index (χ1v) is 4.69. The molecule has 0 aromatic heterocycles. The molecule has 3 aliphatic rings. The van der Waals surface area contributed by atoms with Crippen molar-refractivity contribution < 1.29 is 9.59 Å². The van der Waals surface area contributed by atoms with Gasteiger partial charge in [-0.1, -0.05) is 0 Å². The van der Waals surface area contributed by atoms with Crippen molar-refractivity contribution in [3.05, 3.63) is 0 Å². The van der Waals surface area contributed by atoms with E-state index < -0.39 is 0 Å². The number of hydrogen-bond donors (Lipinski definition) is 0. The van der Waals surface area contributed by atoms with Crippen molar-refractivity contribution in [2.45, 2.75) is 38.5 Å². The van der Waals surface area contributed by atoms with E-state index in [9.17, 15) is 9.59 Å². The fraction of sp³-hybridized carbons (Fsp3) is 0.800. The van der Waals surface area contributed by atoms with Gasteiger partial charge in [-0.05, 0) is 23.7 Å². The van der Waals surface area contributed by atoms with Crippen LogP contribution in [0.1, 0.15) is 38.5 Å². The molecule has 0 amide bonds. The summed E-state index contributed by atoms with van der Waals surface area (Å²) in [5, 5.41) is 0. The number of carbonyl (C=O) groups is 2. The summed E-state index contributed by atoms with van der Waals surface area (Å²) in [6, 6.07) is 0. The van der Waals surface area contributed by atoms with E-state index in [1.807, 2.05) is 0 Å². The van der Waals surface area contributed by atoms with Crippen LogP contribution in [0.2, 0.25) is 0 Å². The molecule has 2 nitrogen and oxygen atoms in total. The number of Topliss-reactive ketones (excluding diaryl/α,β-unsaturated/α-hetero) is 2. The summed E-state index contributed by atoms with van der Waals surface area (Å²) < 4.78 is 0. The molecule has 0 atom stereocenters. The molecule has 3 fully saturated rings. The third-order valence-electron chi connectivity index (χ3n) is 4.35. The number of ketones is 2. The Hall–Kier alpha value is -0.660. The molecule has 0 unspecified atom stereocenters. The quantitative estimate of drug-likeness (QED) is 0.543. The average molecular weight is 164 g/mol. The maximum Gasteiger partial charge on any atom is 0.134 e. The van der Waals surface area contributed by atoms with Crippen LogP contribution in [0.5, 0.6) is 0 Å². The van der Waals surface area contributed by atoms with E-state index in [1.165, 1.54) is 0 Å². The van der Waals surface area contributed by atoms with Crippen LogP contribution in [0.4, 0.5) is 0 Å². The monoisotopic (exact) mass is 164 g/mol. The molecule has 3 saturated carbocycles. The molecule has 0 N–H and O–H groups in total. The standard InChI is InChI=1S/C10H12O2/c11-7-3-9-1-2-10(9,5-7)6-8(12)4-9/h1-6H2. The fourth-order valence-corrected chi connectivity index (χ4v) is 3.70. The molecule has 2 heteroatoms. The van der Waals surface area contributed by atoms with E-state index in [0.717, 1.165) is 12.8 Å². The highest BCUT2D eigenvalue weighted by atomic mass is 16.1. The zero-order valence-electron chi connectivity index (χ0n) is 7.06. The summed E-state index contributed by atoms with van der Waals surface area (Å²) in [6.45, 7) is 0. The number of rotatable bonds is 0. The Morgan fingerprint density at radius 2 is 1.08 bits per heavy atom. The molecule has 64 valence electrons. The molecule has 0 radical (unpaired) electrons. The van der Waals surface area contributed by atoms with E-state index in [0.29, 0.717) is 37.2 Å². The lowest BCUT2D eigenvalue weighted by Gasteiger charge is -2.49. The Morgan fingerprint density at radius 3 is 1.33 bits per heavy atom. The Labute approximate surface area is 71.3 Å². The zero-order valence-corrected chi connectivity index (χ0v) is 7.06. The molecular weight excluding hydrogens is 152 g/mol. The lowest BCUT2D eigenvalue weighted by molar-refractivity contribution is -0.120. The lowest BCUT2D eigenvalue weighted by atomic mass is 9.53. The Kier molecular flexibility index (Phi) is 0.940. The van der Waals surface area contributed by atoms with Crippen LogP contribution in [0.25, 0.3) is 0 Å². The van der Waals surface area contributed by atoms with Crippen LogP contribution in [-0.4, -0.2) is 11.6 Å². The molecule has 0 saturated heterocycles. The van der Waals surface area contributed by atoms with Gasteiger partial charge in [-0.2, -0.15) is 0 Å². The molecule has 3 aliphatic carbocycles. The van der Waals surface area contributed by atoms with Gasteiger partial charge < -0.3 is 0 Å². The fourth-order valence-electron chi connectivity index (χ4n) is 3.70. The second kappa shape index (κ2) is 1.66. The maximum atomic E-state index is 11.3. The predicted molar refractivity (Wildman–Crippen MR) is 42.6 cm³/mol. The smallest absolute Gasteiger partial charge is 0.134 e. The van der Waals surface area contributed by atoms with Gasteiger partial charge in [0, 0.05) is 25.7 Å². The van der Waals surface area contributed by atoms with Crippen LogP contribution in [0.3, 0.4) is 0 Å². The largest absolute Gasteiger partial charge is 0.300 e. The van der Waals surface area contributed by atoms with E-state index in [4.69, 9.17) is 0 Å². The van der Waals surface area contributed by atoms with Gasteiger partial charge in [0.25, 0.3) is 0 Å². The Morgan fingerprint density at radius 1 is 0.750 bits per heavy atom. The summed E-state index contributed by atoms with van der Waals surface area (Å²) in [6.07, 6.45) is 5.09. The van der Waals surface area contributed by atoms with Crippen molar-refractivity contribution >= 4 is 11.6 Å². The van der Waals surface area contributed by atoms with Gasteiger partial charge in [0.1, 0.15) is 11.6 Å². The molecule has 0 bridgehead atoms. The highest BCUT2D eigenvalue weighted by Crippen LogP contribution is 2.72. The van der Waals surface area contributed by atoms with Gasteiger partial charge in [-0.3, -0.25) is 9.59 Å². The second-order valence-electron chi connectivity index (χ2n) is 4.85. The predicted octanol–water partition coefficient (Wildman–Crippen LogP) is 1.48. The summed E-state index contributed by atoms with van der Waals surface area (Å²) in [7, 11) is 0. The topological polar surface area (TPSA) is 34.1 Å². The summed E-state index contributed by atoms with van der Waals surface area (Å²) in [5.74, 6) is 0.806. The molecule has 0 aromatic rings. The number of hydrogen-bond acceptors (Lipinski definition) is 2. The SMILES string of the molecule is O=C1CC23CCC2(C1)CC(=O)C3. The third kappa shape index (κ3) is 0.520. The molecule has 0 aliphatic heterocycles. The van der Waals surface area contributed by atoms with E-state index in [2.05, 4.69) is 0 Å². The van der Waals surface area contributed by atoms with Gasteiger partial charge in [-0.25, -0.2) is 0 Å². The van der Waals surface area contributed by atoms with E-state index >= 15 is 0 Å². The van der Waals surface area contributed by atoms with Crippen LogP contribution in [0.15, 0.2) is 0 Å². The van der Waals surface area contributed by atoms with E-state index in [-0.39, 0.29) is 10.8 Å². The van der Waals surface area contributed by atoms with Crippen molar-refractivity contribution in [1.82, 2.24) is 0 Å². The van der Waals surface area contributed by atoms with Crippen molar-refractivity contribution in [2.24, 2.45) is 10.8 Å². The molecule has 0 spiro atoms. The van der Waals surface area contributed by atoms with Gasteiger partial charge in [0.15, 0.2) is 0 Å². The molecular formula is C10H12O2. The lowest BCUT2D eigenvalue weighted by Crippen LogP contribution is -2.42. The van der Waals surface area contributed by atoms with Crippen molar-refractivity contribution in [3.63, 3.8) is 0 Å². The molecule has 3 rings (SSSR count). The van der Waals surface area contributed by atoms with Gasteiger partial charge in [-0.15, -0.1) is 0 Å². The minimum Gasteiger partial charge on any atom is -0.300 e. The van der Waals surface area contributed by atoms with Gasteiger partial charge >= 0.3 is 0 Å². The summed E-state index contributed by atoms with van der Waals surface area (Å²) >= 11 is 0. The first-order valence-electron chi connectivity index (χ1n) is 4.69. The number of carbonyl (C=O) groups excluding carboxylic acids is 2. The molecule has 12 heavy (non-hydrogen) atoms. The highest BCUT2D eigenvalue weighted by molar-refractivity contribution is 5.92. The third-order valence-corrected chi connectivity index (χ3v) is 4.35. The van der Waals surface area contributed by atoms with E-state index in [1.54, 1.807) is 0 Å². The Balaban J connectivity index is 2.07. The molecule has 0 aromatic carbocycles. The minimum absolute atomic E-state index is 0.168. The van der Waals surface area contributed by atoms with Crippen molar-refractivity contribution in [2.75, 3.05) is 0 Å². The molecule has 0 heterocycles. The highest BCUT2D eigenvalue weighted by Gasteiger charge is 2.68. The van der Waals surface area contributed by atoms with Crippen LogP contribution in [-0.2, 0) is 9.59 Å². The zero-order chi connectivity index (χ0) is 8.40. The first-order chi connectivity index (χ1) is 5.66. The van der Waals surface area contributed by atoms with Crippen molar-refractivity contribution in [1.29, 1.82) is 0 Å². The van der Waals surface area contributed by atoms with Crippen molar-refractivity contribution in [3.8, 4) is 0 Å². The second-order valence-corrected chi connectivity index (χ2v) is 4.85. The average Bonchev–Trinajstić information content (AvgIpc) is 2.19. The van der Waals surface area contributed by atoms with Crippen LogP contribution >= 0.6 is 0 Å².